The highest BCUT2D eigenvalue weighted by Gasteiger charge is 2.34. The molecule has 0 spiro atoms. The number of amides is 1. The fourth-order valence-electron chi connectivity index (χ4n) is 2.80. The van der Waals surface area contributed by atoms with E-state index in [0.29, 0.717) is 6.54 Å². The van der Waals surface area contributed by atoms with Gasteiger partial charge in [-0.3, -0.25) is 10.0 Å². The first-order valence-corrected chi connectivity index (χ1v) is 6.07. The Labute approximate surface area is 100 Å². The molecule has 0 aromatic carbocycles. The first-order chi connectivity index (χ1) is 8.16. The first kappa shape index (κ1) is 10.6. The number of hydroxylamine groups is 2. The smallest absolute Gasteiger partial charge is 0.254 e. The summed E-state index contributed by atoms with van der Waals surface area (Å²) in [6.07, 6.45) is 8.73. The van der Waals surface area contributed by atoms with Crippen LogP contribution in [0.25, 0.3) is 0 Å². The highest BCUT2D eigenvalue weighted by Crippen LogP contribution is 2.34. The molecule has 1 aliphatic carbocycles. The molecular weight excluding hydrogens is 216 g/mol. The van der Waals surface area contributed by atoms with Gasteiger partial charge in [-0.2, -0.15) is 0 Å². The molecular formula is C13H16N2O2. The van der Waals surface area contributed by atoms with Crippen molar-refractivity contribution in [2.75, 3.05) is 6.54 Å². The number of nitrogens with zero attached hydrogens (tertiary/aromatic N) is 2. The molecule has 1 unspecified atom stereocenters. The second kappa shape index (κ2) is 3.74. The Morgan fingerprint density at radius 1 is 1.47 bits per heavy atom. The van der Waals surface area contributed by atoms with Crippen LogP contribution in [-0.4, -0.2) is 27.6 Å². The van der Waals surface area contributed by atoms with Gasteiger partial charge in [-0.1, -0.05) is 6.08 Å². The minimum absolute atomic E-state index is 0.0662. The van der Waals surface area contributed by atoms with Crippen molar-refractivity contribution in [2.45, 2.75) is 26.2 Å². The SMILES string of the molecule is CC1=CC2=CN(O)C3=CCCCC3CN2C1=O. The van der Waals surface area contributed by atoms with Crippen LogP contribution in [0.4, 0.5) is 0 Å². The summed E-state index contributed by atoms with van der Waals surface area (Å²) in [6, 6.07) is 0. The Morgan fingerprint density at radius 2 is 2.29 bits per heavy atom. The maximum atomic E-state index is 12.0. The molecule has 4 nitrogen and oxygen atoms in total. The summed E-state index contributed by atoms with van der Waals surface area (Å²) < 4.78 is 0. The molecule has 0 bridgehead atoms. The lowest BCUT2D eigenvalue weighted by Crippen LogP contribution is -2.31. The van der Waals surface area contributed by atoms with Gasteiger partial charge in [0, 0.05) is 23.7 Å². The highest BCUT2D eigenvalue weighted by atomic mass is 16.5. The Hall–Kier alpha value is -1.55. The molecule has 17 heavy (non-hydrogen) atoms. The molecule has 0 aromatic heterocycles. The maximum Gasteiger partial charge on any atom is 0.254 e. The van der Waals surface area contributed by atoms with E-state index in [9.17, 15) is 10.0 Å². The summed E-state index contributed by atoms with van der Waals surface area (Å²) in [4.78, 5) is 13.7. The van der Waals surface area contributed by atoms with Gasteiger partial charge in [0.25, 0.3) is 5.91 Å². The molecule has 0 saturated carbocycles. The van der Waals surface area contributed by atoms with Gasteiger partial charge in [-0.15, -0.1) is 0 Å². The fourth-order valence-corrected chi connectivity index (χ4v) is 2.80. The van der Waals surface area contributed by atoms with E-state index in [2.05, 4.69) is 6.08 Å². The van der Waals surface area contributed by atoms with E-state index in [0.717, 1.165) is 36.2 Å². The van der Waals surface area contributed by atoms with Crippen molar-refractivity contribution in [1.82, 2.24) is 9.96 Å². The van der Waals surface area contributed by atoms with Crippen LogP contribution in [0.1, 0.15) is 26.2 Å². The largest absolute Gasteiger partial charge is 0.306 e. The molecule has 2 heterocycles. The third kappa shape index (κ3) is 1.60. The molecule has 3 aliphatic rings. The molecule has 0 radical (unpaired) electrons. The second-order valence-corrected chi connectivity index (χ2v) is 4.90. The van der Waals surface area contributed by atoms with Crippen molar-refractivity contribution in [3.05, 3.63) is 35.3 Å². The van der Waals surface area contributed by atoms with E-state index in [-0.39, 0.29) is 11.8 Å². The van der Waals surface area contributed by atoms with Gasteiger partial charge >= 0.3 is 0 Å². The Morgan fingerprint density at radius 3 is 3.12 bits per heavy atom. The lowest BCUT2D eigenvalue weighted by atomic mass is 9.92. The Kier molecular flexibility index (Phi) is 2.33. The third-order valence-corrected chi connectivity index (χ3v) is 3.71. The van der Waals surface area contributed by atoms with Gasteiger partial charge in [-0.25, -0.2) is 5.06 Å². The van der Waals surface area contributed by atoms with Gasteiger partial charge in [0.1, 0.15) is 0 Å². The number of allylic oxidation sites excluding steroid dienone is 2. The predicted octanol–water partition coefficient (Wildman–Crippen LogP) is 2.01. The summed E-state index contributed by atoms with van der Waals surface area (Å²) in [5.41, 5.74) is 2.48. The van der Waals surface area contributed by atoms with Gasteiger partial charge in [0.2, 0.25) is 0 Å². The number of hydrogen-bond acceptors (Lipinski definition) is 3. The van der Waals surface area contributed by atoms with Crippen LogP contribution >= 0.6 is 0 Å². The summed E-state index contributed by atoms with van der Waals surface area (Å²) in [7, 11) is 0. The lowest BCUT2D eigenvalue weighted by molar-refractivity contribution is -0.124. The van der Waals surface area contributed by atoms with Crippen molar-refractivity contribution < 1.29 is 10.0 Å². The number of fused-ring (bicyclic) bond motifs is 2. The Bertz CT molecular complexity index is 462. The minimum atomic E-state index is 0.0662. The highest BCUT2D eigenvalue weighted by molar-refractivity contribution is 5.98. The quantitative estimate of drug-likeness (QED) is 0.694. The van der Waals surface area contributed by atoms with Gasteiger partial charge in [0.15, 0.2) is 0 Å². The van der Waals surface area contributed by atoms with Crippen LogP contribution in [0.2, 0.25) is 0 Å². The van der Waals surface area contributed by atoms with E-state index in [4.69, 9.17) is 0 Å². The number of hydrogen-bond donors (Lipinski definition) is 1. The number of rotatable bonds is 0. The molecule has 0 fully saturated rings. The van der Waals surface area contributed by atoms with Crippen molar-refractivity contribution >= 4 is 5.91 Å². The van der Waals surface area contributed by atoms with Crippen LogP contribution in [0, 0.1) is 5.92 Å². The molecule has 0 saturated heterocycles. The maximum absolute atomic E-state index is 12.0. The summed E-state index contributed by atoms with van der Waals surface area (Å²) in [5.74, 6) is 0.322. The van der Waals surface area contributed by atoms with Crippen LogP contribution in [0.3, 0.4) is 0 Å². The fraction of sp³-hybridized carbons (Fsp3) is 0.462. The number of carbonyl (C=O) groups is 1. The average molecular weight is 232 g/mol. The summed E-state index contributed by atoms with van der Waals surface area (Å²) in [6.45, 7) is 2.50. The zero-order valence-corrected chi connectivity index (χ0v) is 9.89. The van der Waals surface area contributed by atoms with E-state index in [1.165, 1.54) is 5.06 Å². The van der Waals surface area contributed by atoms with E-state index in [1.807, 2.05) is 13.0 Å². The first-order valence-electron chi connectivity index (χ1n) is 6.07. The van der Waals surface area contributed by atoms with Gasteiger partial charge in [-0.05, 0) is 32.3 Å². The molecule has 2 aliphatic heterocycles. The van der Waals surface area contributed by atoms with E-state index in [1.54, 1.807) is 11.1 Å². The minimum Gasteiger partial charge on any atom is -0.306 e. The summed E-state index contributed by atoms with van der Waals surface area (Å²) >= 11 is 0. The normalized spacial score (nSPS) is 28.0. The average Bonchev–Trinajstić information content (AvgIpc) is 2.50. The van der Waals surface area contributed by atoms with Crippen molar-refractivity contribution in [3.8, 4) is 0 Å². The van der Waals surface area contributed by atoms with Crippen molar-refractivity contribution in [1.29, 1.82) is 0 Å². The zero-order chi connectivity index (χ0) is 12.0. The molecule has 90 valence electrons. The van der Waals surface area contributed by atoms with E-state index < -0.39 is 0 Å². The topological polar surface area (TPSA) is 43.8 Å². The molecule has 1 atom stereocenters. The molecule has 1 N–H and O–H groups in total. The lowest BCUT2D eigenvalue weighted by Gasteiger charge is -2.28. The molecule has 0 aromatic rings. The standard InChI is InChI=1S/C13H16N2O2/c1-9-6-11-8-15(17)12-5-3-2-4-10(12)7-14(11)13(9)16/h5-6,8,10,17H,2-4,7H2,1H3. The number of carbonyl (C=O) groups excluding carboxylic acids is 1. The summed E-state index contributed by atoms with van der Waals surface area (Å²) in [5, 5.41) is 11.2. The van der Waals surface area contributed by atoms with Crippen LogP contribution in [-0.2, 0) is 4.79 Å². The van der Waals surface area contributed by atoms with Crippen LogP contribution < -0.4 is 0 Å². The van der Waals surface area contributed by atoms with Gasteiger partial charge < -0.3 is 4.90 Å². The molecule has 4 heteroatoms. The Balaban J connectivity index is 2.00. The van der Waals surface area contributed by atoms with Gasteiger partial charge in [0.05, 0.1) is 11.9 Å². The molecule has 3 rings (SSSR count). The predicted molar refractivity (Wildman–Crippen MR) is 62.6 cm³/mol. The van der Waals surface area contributed by atoms with E-state index >= 15 is 0 Å². The molecule has 1 amide bonds. The monoisotopic (exact) mass is 232 g/mol. The second-order valence-electron chi connectivity index (χ2n) is 4.90. The van der Waals surface area contributed by atoms with Crippen molar-refractivity contribution in [3.63, 3.8) is 0 Å². The van der Waals surface area contributed by atoms with Crippen LogP contribution in [0.5, 0.6) is 0 Å². The van der Waals surface area contributed by atoms with Crippen LogP contribution in [0.15, 0.2) is 35.3 Å². The third-order valence-electron chi connectivity index (χ3n) is 3.71. The van der Waals surface area contributed by atoms with Crippen molar-refractivity contribution in [2.24, 2.45) is 5.92 Å². The zero-order valence-electron chi connectivity index (χ0n) is 9.89.